The third-order valence-corrected chi connectivity index (χ3v) is 7.64. The standard InChI is InChI=1S/C28H29F3N2O4/c1-18-26(24(34)35,14-7-11-20-9-4-3-5-10-20)23(21-12-6-13-22(17-21)28(29,30)31)27(25(36)37,15-8-16-32)19(2)33-18/h3-7,9-13,17-19,23,33H,8,14-15H2,1-2H3,(H,34,35)(H,36,37). The van der Waals surface area contributed by atoms with Crippen molar-refractivity contribution in [3.63, 3.8) is 0 Å². The summed E-state index contributed by atoms with van der Waals surface area (Å²) in [7, 11) is 0. The van der Waals surface area contributed by atoms with Gasteiger partial charge in [-0.05, 0) is 43.9 Å². The van der Waals surface area contributed by atoms with Gasteiger partial charge in [-0.1, -0.05) is 60.7 Å². The molecule has 6 nitrogen and oxygen atoms in total. The van der Waals surface area contributed by atoms with Crippen molar-refractivity contribution in [2.45, 2.75) is 57.3 Å². The van der Waals surface area contributed by atoms with Crippen molar-refractivity contribution >= 4 is 18.0 Å². The SMILES string of the molecule is CC1NC(C)C(CCC#N)(C(=O)O)C(c2cccc(C(F)(F)F)c2)C1(CC=Cc1ccccc1)C(=O)O. The van der Waals surface area contributed by atoms with E-state index in [2.05, 4.69) is 5.32 Å². The Labute approximate surface area is 213 Å². The van der Waals surface area contributed by atoms with E-state index in [0.717, 1.165) is 17.7 Å². The molecule has 1 saturated heterocycles. The highest BCUT2D eigenvalue weighted by atomic mass is 19.4. The lowest BCUT2D eigenvalue weighted by atomic mass is 9.49. The zero-order valence-electron chi connectivity index (χ0n) is 20.5. The van der Waals surface area contributed by atoms with E-state index >= 15 is 0 Å². The number of carboxylic acids is 2. The molecule has 5 atom stereocenters. The van der Waals surface area contributed by atoms with Crippen LogP contribution in [0.5, 0.6) is 0 Å². The van der Waals surface area contributed by atoms with Crippen molar-refractivity contribution in [1.29, 1.82) is 5.26 Å². The van der Waals surface area contributed by atoms with Crippen LogP contribution >= 0.6 is 0 Å². The number of hydrogen-bond acceptors (Lipinski definition) is 4. The molecule has 3 rings (SSSR count). The smallest absolute Gasteiger partial charge is 0.416 e. The zero-order valence-corrected chi connectivity index (χ0v) is 20.5. The molecule has 0 saturated carbocycles. The first kappa shape index (κ1) is 27.9. The molecule has 0 radical (unpaired) electrons. The number of nitriles is 1. The summed E-state index contributed by atoms with van der Waals surface area (Å²) in [6, 6.07) is 13.6. The van der Waals surface area contributed by atoms with Gasteiger partial charge in [-0.2, -0.15) is 18.4 Å². The highest BCUT2D eigenvalue weighted by Gasteiger charge is 2.66. The predicted octanol–water partition coefficient (Wildman–Crippen LogP) is 5.72. The lowest BCUT2D eigenvalue weighted by molar-refractivity contribution is -0.172. The second-order valence-corrected chi connectivity index (χ2v) is 9.53. The van der Waals surface area contributed by atoms with Crippen LogP contribution in [0, 0.1) is 22.2 Å². The van der Waals surface area contributed by atoms with Crippen molar-refractivity contribution < 1.29 is 33.0 Å². The van der Waals surface area contributed by atoms with Crippen LogP contribution in [0.25, 0.3) is 6.08 Å². The molecule has 37 heavy (non-hydrogen) atoms. The molecule has 0 bridgehead atoms. The first-order valence-electron chi connectivity index (χ1n) is 11.9. The number of alkyl halides is 3. The van der Waals surface area contributed by atoms with Gasteiger partial charge in [-0.15, -0.1) is 0 Å². The molecular weight excluding hydrogens is 485 g/mol. The molecule has 0 aromatic heterocycles. The third kappa shape index (κ3) is 5.12. The quantitative estimate of drug-likeness (QED) is 0.416. The summed E-state index contributed by atoms with van der Waals surface area (Å²) in [5.41, 5.74) is -3.95. The van der Waals surface area contributed by atoms with E-state index in [1.807, 2.05) is 36.4 Å². The van der Waals surface area contributed by atoms with Gasteiger partial charge < -0.3 is 15.5 Å². The second kappa shape index (κ2) is 10.8. The van der Waals surface area contributed by atoms with E-state index in [1.54, 1.807) is 26.0 Å². The Hall–Kier alpha value is -3.64. The number of carbonyl (C=O) groups is 2. The van der Waals surface area contributed by atoms with Crippen LogP contribution in [0.3, 0.4) is 0 Å². The monoisotopic (exact) mass is 514 g/mol. The molecule has 2 aromatic rings. The number of rotatable bonds is 8. The summed E-state index contributed by atoms with van der Waals surface area (Å²) in [4.78, 5) is 26.1. The van der Waals surface area contributed by atoms with Gasteiger partial charge in [0.15, 0.2) is 0 Å². The average Bonchev–Trinajstić information content (AvgIpc) is 2.84. The normalized spacial score (nSPS) is 28.1. The zero-order chi connectivity index (χ0) is 27.4. The fraction of sp³-hybridized carbons (Fsp3) is 0.393. The maximum Gasteiger partial charge on any atom is 0.416 e. The van der Waals surface area contributed by atoms with Crippen molar-refractivity contribution in [3.8, 4) is 6.07 Å². The Balaban J connectivity index is 2.32. The molecule has 1 aliphatic rings. The van der Waals surface area contributed by atoms with Crippen LogP contribution in [0.4, 0.5) is 13.2 Å². The number of carboxylic acid groups (broad SMARTS) is 2. The van der Waals surface area contributed by atoms with Crippen LogP contribution in [-0.4, -0.2) is 34.2 Å². The van der Waals surface area contributed by atoms with Gasteiger partial charge in [0.25, 0.3) is 0 Å². The van der Waals surface area contributed by atoms with E-state index in [9.17, 15) is 38.2 Å². The minimum atomic E-state index is -4.71. The minimum Gasteiger partial charge on any atom is -0.481 e. The number of allylic oxidation sites excluding steroid dienone is 1. The minimum absolute atomic E-state index is 0.0362. The maximum atomic E-state index is 13.7. The Kier molecular flexibility index (Phi) is 8.13. The summed E-state index contributed by atoms with van der Waals surface area (Å²) in [5, 5.41) is 33.7. The Morgan fingerprint density at radius 1 is 1.03 bits per heavy atom. The molecule has 2 aromatic carbocycles. The Morgan fingerprint density at radius 2 is 1.65 bits per heavy atom. The molecular formula is C28H29F3N2O4. The molecule has 0 spiro atoms. The van der Waals surface area contributed by atoms with Crippen LogP contribution in [0.1, 0.15) is 55.7 Å². The molecule has 0 aliphatic carbocycles. The second-order valence-electron chi connectivity index (χ2n) is 9.53. The summed E-state index contributed by atoms with van der Waals surface area (Å²) >= 11 is 0. The highest BCUT2D eigenvalue weighted by Crippen LogP contribution is 2.59. The molecule has 1 fully saturated rings. The maximum absolute atomic E-state index is 13.7. The van der Waals surface area contributed by atoms with Crippen molar-refractivity contribution in [2.75, 3.05) is 0 Å². The van der Waals surface area contributed by atoms with Gasteiger partial charge in [0, 0.05) is 24.4 Å². The molecule has 196 valence electrons. The molecule has 3 N–H and O–H groups in total. The van der Waals surface area contributed by atoms with Crippen LogP contribution in [0.15, 0.2) is 60.7 Å². The van der Waals surface area contributed by atoms with E-state index < -0.39 is 52.5 Å². The number of piperidine rings is 1. The molecule has 5 unspecified atom stereocenters. The number of hydrogen-bond donors (Lipinski definition) is 3. The third-order valence-electron chi connectivity index (χ3n) is 7.64. The van der Waals surface area contributed by atoms with Crippen LogP contribution < -0.4 is 5.32 Å². The van der Waals surface area contributed by atoms with Gasteiger partial charge >= 0.3 is 18.1 Å². The lowest BCUT2D eigenvalue weighted by Crippen LogP contribution is -2.69. The van der Waals surface area contributed by atoms with Gasteiger partial charge in [0.05, 0.1) is 22.5 Å². The van der Waals surface area contributed by atoms with Gasteiger partial charge in [-0.3, -0.25) is 9.59 Å². The topological polar surface area (TPSA) is 110 Å². The summed E-state index contributed by atoms with van der Waals surface area (Å²) in [6.07, 6.45) is -1.99. The van der Waals surface area contributed by atoms with Gasteiger partial charge in [0.2, 0.25) is 0 Å². The number of aliphatic carboxylic acids is 2. The Morgan fingerprint density at radius 3 is 2.22 bits per heavy atom. The summed E-state index contributed by atoms with van der Waals surface area (Å²) in [5.74, 6) is -4.07. The van der Waals surface area contributed by atoms with E-state index in [4.69, 9.17) is 0 Å². The van der Waals surface area contributed by atoms with E-state index in [0.29, 0.717) is 0 Å². The largest absolute Gasteiger partial charge is 0.481 e. The fourth-order valence-corrected chi connectivity index (χ4v) is 5.81. The number of nitrogens with one attached hydrogen (secondary N) is 1. The first-order valence-corrected chi connectivity index (χ1v) is 11.9. The highest BCUT2D eigenvalue weighted by molar-refractivity contribution is 5.84. The van der Waals surface area contributed by atoms with Crippen molar-refractivity contribution in [3.05, 3.63) is 77.4 Å². The molecule has 1 heterocycles. The van der Waals surface area contributed by atoms with Crippen LogP contribution in [-0.2, 0) is 15.8 Å². The average molecular weight is 515 g/mol. The fourth-order valence-electron chi connectivity index (χ4n) is 5.81. The molecule has 1 aliphatic heterocycles. The number of halogens is 3. The molecule has 0 amide bonds. The van der Waals surface area contributed by atoms with Gasteiger partial charge in [0.1, 0.15) is 0 Å². The molecule has 9 heteroatoms. The lowest BCUT2D eigenvalue weighted by Gasteiger charge is -2.57. The summed E-state index contributed by atoms with van der Waals surface area (Å²) < 4.78 is 41.1. The Bertz CT molecular complexity index is 1210. The van der Waals surface area contributed by atoms with Gasteiger partial charge in [-0.25, -0.2) is 0 Å². The number of benzene rings is 2. The van der Waals surface area contributed by atoms with E-state index in [-0.39, 0.29) is 24.8 Å². The van der Waals surface area contributed by atoms with Crippen LogP contribution in [0.2, 0.25) is 0 Å². The first-order chi connectivity index (χ1) is 17.4. The number of nitrogens with zero attached hydrogens (tertiary/aromatic N) is 1. The predicted molar refractivity (Wildman–Crippen MR) is 131 cm³/mol. The van der Waals surface area contributed by atoms with Crippen molar-refractivity contribution in [1.82, 2.24) is 5.32 Å². The van der Waals surface area contributed by atoms with E-state index in [1.165, 1.54) is 12.1 Å². The van der Waals surface area contributed by atoms with Crippen molar-refractivity contribution in [2.24, 2.45) is 10.8 Å². The summed E-state index contributed by atoms with van der Waals surface area (Å²) in [6.45, 7) is 3.19.